The number of benzene rings is 2. The van der Waals surface area contributed by atoms with Gasteiger partial charge in [0.15, 0.2) is 0 Å². The Morgan fingerprint density at radius 2 is 1.62 bits per heavy atom. The summed E-state index contributed by atoms with van der Waals surface area (Å²) < 4.78 is 0. The Morgan fingerprint density at radius 1 is 1.00 bits per heavy atom. The first-order valence-electron chi connectivity index (χ1n) is 10.4. The second-order valence-corrected chi connectivity index (χ2v) is 7.93. The summed E-state index contributed by atoms with van der Waals surface area (Å²) in [5.74, 6) is -0.872. The normalized spacial score (nSPS) is 14.0. The molecular formula is C24H30N2O3. The van der Waals surface area contributed by atoms with Gasteiger partial charge >= 0.3 is 5.97 Å². The number of carboxylic acid groups (broad SMARTS) is 1. The fourth-order valence-electron chi connectivity index (χ4n) is 3.89. The molecule has 1 aliphatic heterocycles. The molecule has 0 bridgehead atoms. The van der Waals surface area contributed by atoms with Gasteiger partial charge in [-0.1, -0.05) is 25.1 Å². The van der Waals surface area contributed by atoms with Crippen molar-refractivity contribution in [1.29, 1.82) is 0 Å². The van der Waals surface area contributed by atoms with Gasteiger partial charge in [0.1, 0.15) is 0 Å². The Balaban J connectivity index is 1.67. The first-order chi connectivity index (χ1) is 13.9. The number of hydrogen-bond donors (Lipinski definition) is 1. The van der Waals surface area contributed by atoms with Crippen LogP contribution in [0.15, 0.2) is 42.5 Å². The summed E-state index contributed by atoms with van der Waals surface area (Å²) in [7, 11) is 0. The highest BCUT2D eigenvalue weighted by Crippen LogP contribution is 2.20. The van der Waals surface area contributed by atoms with Crippen molar-refractivity contribution < 1.29 is 14.7 Å². The Labute approximate surface area is 172 Å². The average Bonchev–Trinajstić information content (AvgIpc) is 2.93. The zero-order valence-corrected chi connectivity index (χ0v) is 17.5. The van der Waals surface area contributed by atoms with Crippen LogP contribution >= 0.6 is 0 Å². The number of aromatic carboxylic acids is 1. The molecule has 5 heteroatoms. The van der Waals surface area contributed by atoms with Gasteiger partial charge in [0, 0.05) is 31.2 Å². The van der Waals surface area contributed by atoms with Gasteiger partial charge in [0.25, 0.3) is 5.91 Å². The molecule has 0 atom stereocenters. The van der Waals surface area contributed by atoms with Gasteiger partial charge < -0.3 is 10.0 Å². The topological polar surface area (TPSA) is 60.9 Å². The van der Waals surface area contributed by atoms with Crippen molar-refractivity contribution in [3.63, 3.8) is 0 Å². The molecule has 0 spiro atoms. The molecule has 1 N–H and O–H groups in total. The SMILES string of the molecule is CCN(Cc1ccc(C(=O)N2CCc3ccc(C(=O)O)cc3CC2)cc1)C(C)C. The van der Waals surface area contributed by atoms with E-state index in [0.717, 1.165) is 30.6 Å². The fraction of sp³-hybridized carbons (Fsp3) is 0.417. The minimum atomic E-state index is -0.913. The number of nitrogens with zero attached hydrogens (tertiary/aromatic N) is 2. The van der Waals surface area contributed by atoms with Crippen LogP contribution in [0.5, 0.6) is 0 Å². The number of fused-ring (bicyclic) bond motifs is 1. The van der Waals surface area contributed by atoms with E-state index >= 15 is 0 Å². The lowest BCUT2D eigenvalue weighted by atomic mass is 10.0. The van der Waals surface area contributed by atoms with Crippen molar-refractivity contribution in [3.8, 4) is 0 Å². The van der Waals surface area contributed by atoms with Crippen molar-refractivity contribution in [2.45, 2.75) is 46.2 Å². The van der Waals surface area contributed by atoms with Gasteiger partial charge in [0.05, 0.1) is 5.56 Å². The Kier molecular flexibility index (Phi) is 6.70. The van der Waals surface area contributed by atoms with E-state index in [-0.39, 0.29) is 5.91 Å². The third-order valence-electron chi connectivity index (χ3n) is 5.77. The fourth-order valence-corrected chi connectivity index (χ4v) is 3.89. The summed E-state index contributed by atoms with van der Waals surface area (Å²) in [6.45, 7) is 9.68. The summed E-state index contributed by atoms with van der Waals surface area (Å²) >= 11 is 0. The Morgan fingerprint density at radius 3 is 2.21 bits per heavy atom. The van der Waals surface area contributed by atoms with E-state index < -0.39 is 5.97 Å². The number of carbonyl (C=O) groups is 2. The number of carbonyl (C=O) groups excluding carboxylic acids is 1. The number of hydrogen-bond acceptors (Lipinski definition) is 3. The van der Waals surface area contributed by atoms with E-state index in [9.17, 15) is 14.7 Å². The van der Waals surface area contributed by atoms with Crippen LogP contribution in [0.4, 0.5) is 0 Å². The first-order valence-corrected chi connectivity index (χ1v) is 10.4. The molecule has 1 heterocycles. The van der Waals surface area contributed by atoms with E-state index in [4.69, 9.17) is 0 Å². The van der Waals surface area contributed by atoms with Gasteiger partial charge in [-0.15, -0.1) is 0 Å². The third kappa shape index (κ3) is 5.04. The van der Waals surface area contributed by atoms with E-state index in [1.807, 2.05) is 35.2 Å². The largest absolute Gasteiger partial charge is 0.478 e. The summed E-state index contributed by atoms with van der Waals surface area (Å²) in [6, 6.07) is 13.7. The highest BCUT2D eigenvalue weighted by molar-refractivity contribution is 5.94. The van der Waals surface area contributed by atoms with Gasteiger partial charge in [-0.25, -0.2) is 4.79 Å². The molecule has 0 aromatic heterocycles. The molecule has 2 aromatic rings. The number of carboxylic acids is 1. The van der Waals surface area contributed by atoms with Crippen LogP contribution in [0.2, 0.25) is 0 Å². The predicted octanol–water partition coefficient (Wildman–Crippen LogP) is 3.86. The first kappa shape index (κ1) is 21.1. The van der Waals surface area contributed by atoms with E-state index in [1.54, 1.807) is 12.1 Å². The molecule has 0 saturated carbocycles. The van der Waals surface area contributed by atoms with Crippen LogP contribution < -0.4 is 0 Å². The van der Waals surface area contributed by atoms with Crippen LogP contribution in [-0.2, 0) is 19.4 Å². The van der Waals surface area contributed by atoms with Gasteiger partial charge in [-0.05, 0) is 74.2 Å². The van der Waals surface area contributed by atoms with Crippen LogP contribution in [0, 0.1) is 0 Å². The summed E-state index contributed by atoms with van der Waals surface area (Å²) in [4.78, 5) is 28.5. The number of amides is 1. The van der Waals surface area contributed by atoms with Gasteiger partial charge in [-0.3, -0.25) is 9.69 Å². The molecule has 2 aromatic carbocycles. The smallest absolute Gasteiger partial charge is 0.335 e. The van der Waals surface area contributed by atoms with E-state index in [0.29, 0.717) is 36.7 Å². The molecule has 5 nitrogen and oxygen atoms in total. The predicted molar refractivity (Wildman–Crippen MR) is 114 cm³/mol. The highest BCUT2D eigenvalue weighted by atomic mass is 16.4. The summed E-state index contributed by atoms with van der Waals surface area (Å²) in [6.07, 6.45) is 1.43. The molecule has 29 heavy (non-hydrogen) atoms. The molecule has 1 amide bonds. The summed E-state index contributed by atoms with van der Waals surface area (Å²) in [5, 5.41) is 9.20. The molecule has 1 aliphatic rings. The van der Waals surface area contributed by atoms with E-state index in [1.165, 1.54) is 5.56 Å². The highest BCUT2D eigenvalue weighted by Gasteiger charge is 2.20. The monoisotopic (exact) mass is 394 g/mol. The zero-order valence-electron chi connectivity index (χ0n) is 17.5. The molecule has 0 fully saturated rings. The lowest BCUT2D eigenvalue weighted by Gasteiger charge is -2.25. The quantitative estimate of drug-likeness (QED) is 0.808. The average molecular weight is 395 g/mol. The maximum Gasteiger partial charge on any atom is 0.335 e. The molecule has 0 aliphatic carbocycles. The minimum absolute atomic E-state index is 0.0408. The number of rotatable bonds is 6. The molecule has 0 unspecified atom stereocenters. The van der Waals surface area contributed by atoms with Crippen molar-refractivity contribution in [2.24, 2.45) is 0 Å². The maximum absolute atomic E-state index is 13.0. The van der Waals surface area contributed by atoms with Crippen molar-refractivity contribution in [3.05, 3.63) is 70.3 Å². The molecule has 0 saturated heterocycles. The van der Waals surface area contributed by atoms with Crippen LogP contribution in [0.25, 0.3) is 0 Å². The van der Waals surface area contributed by atoms with Crippen molar-refractivity contribution in [2.75, 3.05) is 19.6 Å². The van der Waals surface area contributed by atoms with Gasteiger partial charge in [0.2, 0.25) is 0 Å². The molecule has 0 radical (unpaired) electrons. The second-order valence-electron chi connectivity index (χ2n) is 7.93. The molecule has 3 rings (SSSR count). The van der Waals surface area contributed by atoms with Crippen LogP contribution in [0.1, 0.15) is 58.2 Å². The van der Waals surface area contributed by atoms with E-state index in [2.05, 4.69) is 25.7 Å². The summed E-state index contributed by atoms with van der Waals surface area (Å²) in [5.41, 5.74) is 4.39. The zero-order chi connectivity index (χ0) is 21.0. The lowest BCUT2D eigenvalue weighted by Crippen LogP contribution is -2.33. The van der Waals surface area contributed by atoms with Crippen LogP contribution in [0.3, 0.4) is 0 Å². The second kappa shape index (κ2) is 9.23. The molecule has 154 valence electrons. The standard InChI is InChI=1S/C24H30N2O3/c1-4-25(17(2)3)16-18-5-7-20(8-6-18)23(27)26-13-11-19-9-10-22(24(28)29)15-21(19)12-14-26/h5-10,15,17H,4,11-14,16H2,1-3H3,(H,28,29). The minimum Gasteiger partial charge on any atom is -0.478 e. The van der Waals surface area contributed by atoms with Crippen molar-refractivity contribution >= 4 is 11.9 Å². The lowest BCUT2D eigenvalue weighted by molar-refractivity contribution is 0.0695. The molecular weight excluding hydrogens is 364 g/mol. The van der Waals surface area contributed by atoms with Gasteiger partial charge in [-0.2, -0.15) is 0 Å². The Hall–Kier alpha value is -2.66. The Bertz CT molecular complexity index is 874. The van der Waals surface area contributed by atoms with Crippen LogP contribution in [-0.4, -0.2) is 52.5 Å². The maximum atomic E-state index is 13.0. The van der Waals surface area contributed by atoms with Crippen molar-refractivity contribution in [1.82, 2.24) is 9.80 Å². The third-order valence-corrected chi connectivity index (χ3v) is 5.77.